The van der Waals surface area contributed by atoms with Crippen molar-refractivity contribution in [1.29, 1.82) is 0 Å². The first-order valence-electron chi connectivity index (χ1n) is 9.18. The number of nitrogens with zero attached hydrogens (tertiary/aromatic N) is 2. The minimum Gasteiger partial charge on any atom is -0.493 e. The summed E-state index contributed by atoms with van der Waals surface area (Å²) in [6.45, 7) is 6.29. The number of likely N-dealkylation sites (tertiary alicyclic amines) is 1. The quantitative estimate of drug-likeness (QED) is 0.748. The summed E-state index contributed by atoms with van der Waals surface area (Å²) in [6.07, 6.45) is 2.49. The van der Waals surface area contributed by atoms with E-state index in [0.717, 1.165) is 31.5 Å². The van der Waals surface area contributed by atoms with Crippen LogP contribution in [0.4, 0.5) is 0 Å². The number of rotatable bonds is 7. The number of hydrogen-bond donors (Lipinski definition) is 0. The van der Waals surface area contributed by atoms with Crippen LogP contribution >= 0.6 is 0 Å². The van der Waals surface area contributed by atoms with Gasteiger partial charge in [-0.3, -0.25) is 9.59 Å². The average molecular weight is 362 g/mol. The lowest BCUT2D eigenvalue weighted by molar-refractivity contribution is -0.134. The van der Waals surface area contributed by atoms with Crippen LogP contribution in [0, 0.1) is 5.92 Å². The van der Waals surface area contributed by atoms with Gasteiger partial charge in [-0.2, -0.15) is 0 Å². The average Bonchev–Trinajstić information content (AvgIpc) is 2.64. The van der Waals surface area contributed by atoms with Crippen LogP contribution in [0.1, 0.15) is 38.7 Å². The molecule has 26 heavy (non-hydrogen) atoms. The molecule has 6 nitrogen and oxygen atoms in total. The van der Waals surface area contributed by atoms with E-state index in [2.05, 4.69) is 6.92 Å². The molecular formula is C20H30N2O4. The fourth-order valence-electron chi connectivity index (χ4n) is 3.19. The summed E-state index contributed by atoms with van der Waals surface area (Å²) in [5.41, 5.74) is 0.942. The predicted molar refractivity (Wildman–Crippen MR) is 100 cm³/mol. The molecule has 1 aromatic carbocycles. The smallest absolute Gasteiger partial charge is 0.224 e. The van der Waals surface area contributed by atoms with Gasteiger partial charge < -0.3 is 19.3 Å². The molecule has 144 valence electrons. The Hall–Kier alpha value is -2.24. The van der Waals surface area contributed by atoms with E-state index in [9.17, 15) is 9.59 Å². The van der Waals surface area contributed by atoms with E-state index >= 15 is 0 Å². The molecule has 0 radical (unpaired) electrons. The fraction of sp³-hybridized carbons (Fsp3) is 0.600. The SMILES string of the molecule is COc1ccc(CN(CCC(=O)N2CCC(C)CC2)C(C)=O)cc1OC. The number of benzene rings is 1. The van der Waals surface area contributed by atoms with Gasteiger partial charge in [-0.1, -0.05) is 13.0 Å². The Morgan fingerprint density at radius 2 is 1.81 bits per heavy atom. The van der Waals surface area contributed by atoms with Crippen LogP contribution in [-0.4, -0.2) is 55.5 Å². The molecule has 0 bridgehead atoms. The monoisotopic (exact) mass is 362 g/mol. The number of carbonyl (C=O) groups is 2. The number of ether oxygens (including phenoxy) is 2. The van der Waals surface area contributed by atoms with Crippen LogP contribution < -0.4 is 9.47 Å². The van der Waals surface area contributed by atoms with Crippen LogP contribution in [0.25, 0.3) is 0 Å². The zero-order chi connectivity index (χ0) is 19.1. The summed E-state index contributed by atoms with van der Waals surface area (Å²) in [5, 5.41) is 0. The first kappa shape index (κ1) is 20.1. The van der Waals surface area contributed by atoms with E-state index in [1.54, 1.807) is 19.1 Å². The second-order valence-corrected chi connectivity index (χ2v) is 6.94. The van der Waals surface area contributed by atoms with Crippen molar-refractivity contribution in [2.24, 2.45) is 5.92 Å². The van der Waals surface area contributed by atoms with Crippen molar-refractivity contribution in [3.05, 3.63) is 23.8 Å². The molecule has 0 spiro atoms. The van der Waals surface area contributed by atoms with Crippen molar-refractivity contribution in [2.75, 3.05) is 33.9 Å². The highest BCUT2D eigenvalue weighted by Gasteiger charge is 2.21. The molecule has 0 saturated carbocycles. The molecule has 1 fully saturated rings. The van der Waals surface area contributed by atoms with Gasteiger partial charge in [0.1, 0.15) is 0 Å². The Kier molecular flexibility index (Phi) is 7.30. The molecular weight excluding hydrogens is 332 g/mol. The van der Waals surface area contributed by atoms with Crippen molar-refractivity contribution in [1.82, 2.24) is 9.80 Å². The molecule has 1 saturated heterocycles. The van der Waals surface area contributed by atoms with Crippen LogP contribution in [0.5, 0.6) is 11.5 Å². The molecule has 0 unspecified atom stereocenters. The third-order valence-electron chi connectivity index (χ3n) is 5.00. The van der Waals surface area contributed by atoms with Gasteiger partial charge in [0.2, 0.25) is 11.8 Å². The highest BCUT2D eigenvalue weighted by Crippen LogP contribution is 2.28. The zero-order valence-corrected chi connectivity index (χ0v) is 16.3. The largest absolute Gasteiger partial charge is 0.493 e. The maximum atomic E-state index is 12.4. The third-order valence-corrected chi connectivity index (χ3v) is 5.00. The van der Waals surface area contributed by atoms with Gasteiger partial charge in [0.05, 0.1) is 14.2 Å². The van der Waals surface area contributed by atoms with Crippen molar-refractivity contribution in [3.8, 4) is 11.5 Å². The summed E-state index contributed by atoms with van der Waals surface area (Å²) >= 11 is 0. The van der Waals surface area contributed by atoms with Crippen molar-refractivity contribution < 1.29 is 19.1 Å². The van der Waals surface area contributed by atoms with E-state index < -0.39 is 0 Å². The Labute approximate surface area is 156 Å². The van der Waals surface area contributed by atoms with Gasteiger partial charge >= 0.3 is 0 Å². The second-order valence-electron chi connectivity index (χ2n) is 6.94. The third kappa shape index (κ3) is 5.38. The molecule has 0 aromatic heterocycles. The summed E-state index contributed by atoms with van der Waals surface area (Å²) in [4.78, 5) is 28.0. The predicted octanol–water partition coefficient (Wildman–Crippen LogP) is 2.70. The summed E-state index contributed by atoms with van der Waals surface area (Å²) in [7, 11) is 3.18. The van der Waals surface area contributed by atoms with Gasteiger partial charge in [-0.05, 0) is 36.5 Å². The molecule has 0 atom stereocenters. The number of methoxy groups -OCH3 is 2. The highest BCUT2D eigenvalue weighted by atomic mass is 16.5. The normalized spacial score (nSPS) is 14.8. The van der Waals surface area contributed by atoms with Crippen molar-refractivity contribution >= 4 is 11.8 Å². The Morgan fingerprint density at radius 3 is 2.38 bits per heavy atom. The van der Waals surface area contributed by atoms with Gasteiger partial charge in [0.15, 0.2) is 11.5 Å². The molecule has 0 aliphatic carbocycles. The number of amides is 2. The van der Waals surface area contributed by atoms with Crippen molar-refractivity contribution in [3.63, 3.8) is 0 Å². The van der Waals surface area contributed by atoms with Gasteiger partial charge in [0, 0.05) is 39.5 Å². The second kappa shape index (κ2) is 9.46. The van der Waals surface area contributed by atoms with Crippen molar-refractivity contribution in [2.45, 2.75) is 39.7 Å². The zero-order valence-electron chi connectivity index (χ0n) is 16.3. The van der Waals surface area contributed by atoms with Crippen LogP contribution in [0.15, 0.2) is 18.2 Å². The van der Waals surface area contributed by atoms with Crippen LogP contribution in [-0.2, 0) is 16.1 Å². The number of piperidine rings is 1. The minimum absolute atomic E-state index is 0.0418. The van der Waals surface area contributed by atoms with E-state index in [0.29, 0.717) is 36.9 Å². The van der Waals surface area contributed by atoms with Crippen LogP contribution in [0.3, 0.4) is 0 Å². The minimum atomic E-state index is -0.0418. The first-order chi connectivity index (χ1) is 12.4. The van der Waals surface area contributed by atoms with Gasteiger partial charge in [-0.25, -0.2) is 0 Å². The molecule has 0 N–H and O–H groups in total. The lowest BCUT2D eigenvalue weighted by Crippen LogP contribution is -2.40. The molecule has 2 amide bonds. The Morgan fingerprint density at radius 1 is 1.15 bits per heavy atom. The van der Waals surface area contributed by atoms with Gasteiger partial charge in [0.25, 0.3) is 0 Å². The summed E-state index contributed by atoms with van der Waals surface area (Å²) in [6, 6.07) is 5.60. The topological polar surface area (TPSA) is 59.1 Å². The molecule has 6 heteroatoms. The van der Waals surface area contributed by atoms with E-state index in [1.807, 2.05) is 23.1 Å². The lowest BCUT2D eigenvalue weighted by Gasteiger charge is -2.31. The highest BCUT2D eigenvalue weighted by molar-refractivity contribution is 5.78. The maximum Gasteiger partial charge on any atom is 0.224 e. The Bertz CT molecular complexity index is 624. The van der Waals surface area contributed by atoms with E-state index in [-0.39, 0.29) is 11.8 Å². The van der Waals surface area contributed by atoms with E-state index in [1.165, 1.54) is 6.92 Å². The first-order valence-corrected chi connectivity index (χ1v) is 9.18. The Balaban J connectivity index is 1.94. The fourth-order valence-corrected chi connectivity index (χ4v) is 3.19. The lowest BCUT2D eigenvalue weighted by atomic mass is 9.99. The van der Waals surface area contributed by atoms with E-state index in [4.69, 9.17) is 9.47 Å². The maximum absolute atomic E-state index is 12.4. The summed E-state index contributed by atoms with van der Waals surface area (Å²) in [5.74, 6) is 2.07. The molecule has 1 heterocycles. The molecule has 1 aromatic rings. The molecule has 1 aliphatic heterocycles. The van der Waals surface area contributed by atoms with Crippen LogP contribution in [0.2, 0.25) is 0 Å². The van der Waals surface area contributed by atoms with Gasteiger partial charge in [-0.15, -0.1) is 0 Å². The molecule has 1 aliphatic rings. The standard InChI is InChI=1S/C20H30N2O4/c1-15-7-10-21(11-8-15)20(24)9-12-22(16(2)23)14-17-5-6-18(25-3)19(13-17)26-4/h5-6,13,15H,7-12,14H2,1-4H3. The number of carbonyl (C=O) groups excluding carboxylic acids is 2. The summed E-state index contributed by atoms with van der Waals surface area (Å²) < 4.78 is 10.6. The molecule has 2 rings (SSSR count). The number of hydrogen-bond acceptors (Lipinski definition) is 4.